The number of hydrogen-bond donors (Lipinski definition) is 2. The summed E-state index contributed by atoms with van der Waals surface area (Å²) in [6.45, 7) is 8.21. The van der Waals surface area contributed by atoms with E-state index in [9.17, 15) is 4.79 Å². The van der Waals surface area contributed by atoms with Crippen LogP contribution in [0.1, 0.15) is 13.8 Å². The number of hydrogen-bond acceptors (Lipinski definition) is 3. The van der Waals surface area contributed by atoms with Crippen LogP contribution in [0.3, 0.4) is 0 Å². The Morgan fingerprint density at radius 1 is 1.56 bits per heavy atom. The number of urea groups is 1. The van der Waals surface area contributed by atoms with Crippen molar-refractivity contribution in [1.29, 1.82) is 0 Å². The first-order valence-electron chi connectivity index (χ1n) is 5.90. The van der Waals surface area contributed by atoms with Gasteiger partial charge in [-0.1, -0.05) is 13.8 Å². The number of nitrogens with zero attached hydrogens (tertiary/aromatic N) is 1. The lowest BCUT2D eigenvalue weighted by molar-refractivity contribution is 0.145. The monoisotopic (exact) mass is 229 g/mol. The molecule has 2 N–H and O–H groups in total. The Bertz CT molecular complexity index is 221. The van der Waals surface area contributed by atoms with E-state index in [-0.39, 0.29) is 6.03 Å². The van der Waals surface area contributed by atoms with Crippen LogP contribution in [0.2, 0.25) is 0 Å². The predicted octanol–water partition coefficient (Wildman–Crippen LogP) is 0.272. The fraction of sp³-hybridized carbons (Fsp3) is 0.909. The topological polar surface area (TPSA) is 53.6 Å². The van der Waals surface area contributed by atoms with Crippen molar-refractivity contribution in [3.63, 3.8) is 0 Å². The van der Waals surface area contributed by atoms with Crippen molar-refractivity contribution >= 4 is 6.03 Å². The van der Waals surface area contributed by atoms with E-state index in [2.05, 4.69) is 24.5 Å². The number of carbonyl (C=O) groups excluding carboxylic acids is 1. The minimum Gasteiger partial charge on any atom is -0.383 e. The largest absolute Gasteiger partial charge is 0.383 e. The highest BCUT2D eigenvalue weighted by Crippen LogP contribution is 2.02. The van der Waals surface area contributed by atoms with Crippen molar-refractivity contribution in [1.82, 2.24) is 15.5 Å². The fourth-order valence-corrected chi connectivity index (χ4v) is 1.78. The summed E-state index contributed by atoms with van der Waals surface area (Å²) in [5, 5.41) is 6.21. The van der Waals surface area contributed by atoms with Gasteiger partial charge < -0.3 is 20.3 Å². The molecule has 5 nitrogen and oxygen atoms in total. The average Bonchev–Trinajstić information content (AvgIpc) is 2.63. The zero-order valence-electron chi connectivity index (χ0n) is 10.5. The van der Waals surface area contributed by atoms with E-state index >= 15 is 0 Å². The summed E-state index contributed by atoms with van der Waals surface area (Å²) in [6, 6.07) is 0.408. The van der Waals surface area contributed by atoms with Crippen molar-refractivity contribution in [3.8, 4) is 0 Å². The Balaban J connectivity index is 2.19. The highest BCUT2D eigenvalue weighted by molar-refractivity contribution is 5.76. The highest BCUT2D eigenvalue weighted by atomic mass is 16.5. The number of ether oxygens (including phenoxy) is 1. The van der Waals surface area contributed by atoms with Crippen LogP contribution in [0, 0.1) is 5.92 Å². The number of rotatable bonds is 7. The zero-order valence-corrected chi connectivity index (χ0v) is 10.5. The van der Waals surface area contributed by atoms with Gasteiger partial charge in [0, 0.05) is 39.3 Å². The third-order valence-electron chi connectivity index (χ3n) is 2.88. The molecule has 1 rings (SSSR count). The first-order chi connectivity index (χ1) is 7.65. The highest BCUT2D eigenvalue weighted by Gasteiger charge is 2.19. The summed E-state index contributed by atoms with van der Waals surface area (Å²) in [5.41, 5.74) is 0. The first-order valence-corrected chi connectivity index (χ1v) is 5.90. The number of carbonyl (C=O) groups is 1. The summed E-state index contributed by atoms with van der Waals surface area (Å²) in [7, 11) is 1.71. The number of amides is 2. The Morgan fingerprint density at radius 3 is 2.81 bits per heavy atom. The van der Waals surface area contributed by atoms with Gasteiger partial charge in [-0.15, -0.1) is 0 Å². The molecule has 0 aromatic heterocycles. The lowest BCUT2D eigenvalue weighted by Crippen LogP contribution is -2.42. The third kappa shape index (κ3) is 3.98. The van der Waals surface area contributed by atoms with E-state index < -0.39 is 0 Å². The Labute approximate surface area is 97.5 Å². The maximum absolute atomic E-state index is 11.3. The molecule has 0 radical (unpaired) electrons. The van der Waals surface area contributed by atoms with Crippen LogP contribution in [0.5, 0.6) is 0 Å². The molecule has 1 aliphatic rings. The molecule has 1 atom stereocenters. The van der Waals surface area contributed by atoms with Crippen LogP contribution in [0.4, 0.5) is 4.79 Å². The van der Waals surface area contributed by atoms with Gasteiger partial charge in [0.25, 0.3) is 0 Å². The lowest BCUT2D eigenvalue weighted by Gasteiger charge is -2.23. The Kier molecular flexibility index (Phi) is 5.55. The molecular formula is C11H23N3O2. The first kappa shape index (κ1) is 13.3. The molecule has 0 aromatic carbocycles. The van der Waals surface area contributed by atoms with Crippen molar-refractivity contribution in [3.05, 3.63) is 0 Å². The van der Waals surface area contributed by atoms with Gasteiger partial charge in [0.2, 0.25) is 0 Å². The molecule has 1 heterocycles. The SMILES string of the molecule is COCC(NCCN1CCNC1=O)C(C)C. The van der Waals surface area contributed by atoms with Crippen molar-refractivity contribution in [2.45, 2.75) is 19.9 Å². The molecule has 0 aromatic rings. The minimum absolute atomic E-state index is 0.0506. The molecule has 0 saturated carbocycles. The molecule has 1 fully saturated rings. The van der Waals surface area contributed by atoms with Gasteiger partial charge in [-0.25, -0.2) is 4.79 Å². The maximum atomic E-state index is 11.3. The van der Waals surface area contributed by atoms with E-state index in [0.717, 1.165) is 26.2 Å². The predicted molar refractivity (Wildman–Crippen MR) is 63.5 cm³/mol. The molecular weight excluding hydrogens is 206 g/mol. The van der Waals surface area contributed by atoms with E-state index in [4.69, 9.17) is 4.74 Å². The van der Waals surface area contributed by atoms with Gasteiger partial charge >= 0.3 is 6.03 Å². The van der Waals surface area contributed by atoms with Gasteiger partial charge in [-0.2, -0.15) is 0 Å². The quantitative estimate of drug-likeness (QED) is 0.659. The lowest BCUT2D eigenvalue weighted by atomic mass is 10.1. The molecule has 94 valence electrons. The van der Waals surface area contributed by atoms with Crippen LogP contribution in [0.25, 0.3) is 0 Å². The van der Waals surface area contributed by atoms with Gasteiger partial charge in [0.15, 0.2) is 0 Å². The summed E-state index contributed by atoms with van der Waals surface area (Å²) < 4.78 is 5.15. The molecule has 16 heavy (non-hydrogen) atoms. The fourth-order valence-electron chi connectivity index (χ4n) is 1.78. The van der Waals surface area contributed by atoms with Crippen molar-refractivity contribution in [2.24, 2.45) is 5.92 Å². The molecule has 1 unspecified atom stereocenters. The Hall–Kier alpha value is -0.810. The summed E-state index contributed by atoms with van der Waals surface area (Å²) in [5.74, 6) is 0.535. The van der Waals surface area contributed by atoms with Crippen LogP contribution >= 0.6 is 0 Å². The second-order valence-corrected chi connectivity index (χ2v) is 4.48. The van der Waals surface area contributed by atoms with Gasteiger partial charge in [-0.05, 0) is 5.92 Å². The van der Waals surface area contributed by atoms with Gasteiger partial charge in [0.1, 0.15) is 0 Å². The summed E-state index contributed by atoms with van der Waals surface area (Å²) in [6.07, 6.45) is 0. The molecule has 2 amide bonds. The molecule has 0 aliphatic carbocycles. The molecule has 1 aliphatic heterocycles. The molecule has 5 heteroatoms. The van der Waals surface area contributed by atoms with E-state index in [0.29, 0.717) is 18.6 Å². The number of methoxy groups -OCH3 is 1. The molecule has 0 spiro atoms. The zero-order chi connectivity index (χ0) is 12.0. The van der Waals surface area contributed by atoms with Crippen molar-refractivity contribution < 1.29 is 9.53 Å². The van der Waals surface area contributed by atoms with E-state index in [1.807, 2.05) is 4.90 Å². The molecule has 1 saturated heterocycles. The smallest absolute Gasteiger partial charge is 0.317 e. The second kappa shape index (κ2) is 6.70. The van der Waals surface area contributed by atoms with Crippen molar-refractivity contribution in [2.75, 3.05) is 39.9 Å². The van der Waals surface area contributed by atoms with E-state index in [1.165, 1.54) is 0 Å². The van der Waals surface area contributed by atoms with Crippen LogP contribution in [0.15, 0.2) is 0 Å². The van der Waals surface area contributed by atoms with Gasteiger partial charge in [0.05, 0.1) is 6.61 Å². The second-order valence-electron chi connectivity index (χ2n) is 4.48. The maximum Gasteiger partial charge on any atom is 0.317 e. The van der Waals surface area contributed by atoms with Crippen LogP contribution < -0.4 is 10.6 Å². The normalized spacial score (nSPS) is 18.0. The third-order valence-corrected chi connectivity index (χ3v) is 2.88. The summed E-state index contributed by atoms with van der Waals surface area (Å²) >= 11 is 0. The molecule has 0 bridgehead atoms. The Morgan fingerprint density at radius 2 is 2.31 bits per heavy atom. The average molecular weight is 229 g/mol. The van der Waals surface area contributed by atoms with Crippen LogP contribution in [-0.2, 0) is 4.74 Å². The summed E-state index contributed by atoms with van der Waals surface area (Å²) in [4.78, 5) is 13.1. The van der Waals surface area contributed by atoms with E-state index in [1.54, 1.807) is 7.11 Å². The number of nitrogens with one attached hydrogen (secondary N) is 2. The van der Waals surface area contributed by atoms with Crippen LogP contribution in [-0.4, -0.2) is 56.9 Å². The standard InChI is InChI=1S/C11H23N3O2/c1-9(2)10(8-16-3)12-4-6-14-7-5-13-11(14)15/h9-10,12H,4-8H2,1-3H3,(H,13,15). The minimum atomic E-state index is 0.0506. The van der Waals surface area contributed by atoms with Gasteiger partial charge in [-0.3, -0.25) is 0 Å².